The maximum Gasteiger partial charge on any atom is 0.313 e. The number of carbonyl (C=O) groups is 4. The Labute approximate surface area is 457 Å². The summed E-state index contributed by atoms with van der Waals surface area (Å²) in [5, 5.41) is 0. The predicted octanol–water partition coefficient (Wildman–Crippen LogP) is 15.2. The third-order valence-corrected chi connectivity index (χ3v) is 20.3. The molecule has 436 valence electrons. The molecule has 0 heterocycles. The fraction of sp³-hybridized carbons (Fsp3) is 0.937. The second-order valence-electron chi connectivity index (χ2n) is 28.1. The zero-order chi connectivity index (χ0) is 55.7. The fourth-order valence-electron chi connectivity index (χ4n) is 12.9. The van der Waals surface area contributed by atoms with E-state index in [0.717, 1.165) is 81.0 Å². The molecule has 0 radical (unpaired) electrons. The summed E-state index contributed by atoms with van der Waals surface area (Å²) in [5.74, 6) is 5.40. The van der Waals surface area contributed by atoms with E-state index in [9.17, 15) is 19.2 Å². The SMILES string of the molecule is CCC(C)(C)C(=O)OCOCC1(C)C2CC3CC(C2)CC1C3.CCC(C)(C)C(=O)OCOCC1(C)CC2CCC1C2.CCC(C)(C)C(=O)OCOCC1(C)CCCCC1.CCC(C)(C)C(=O)OCOCC1CCCC1. The third-order valence-electron chi connectivity index (χ3n) is 20.3. The van der Waals surface area contributed by atoms with E-state index in [1.807, 2.05) is 83.1 Å². The van der Waals surface area contributed by atoms with Crippen LogP contribution in [0, 0.1) is 79.3 Å². The number of rotatable bonds is 24. The molecule has 0 N–H and O–H groups in total. The maximum absolute atomic E-state index is 12.0. The minimum atomic E-state index is -0.407. The molecule has 8 saturated carbocycles. The molecule has 3 atom stereocenters. The number of esters is 4. The summed E-state index contributed by atoms with van der Waals surface area (Å²) < 4.78 is 43.2. The van der Waals surface area contributed by atoms with Crippen molar-refractivity contribution in [2.24, 2.45) is 79.3 Å². The van der Waals surface area contributed by atoms with E-state index in [2.05, 4.69) is 20.8 Å². The van der Waals surface area contributed by atoms with Crippen LogP contribution in [0.5, 0.6) is 0 Å². The molecule has 12 heteroatoms. The van der Waals surface area contributed by atoms with Crippen LogP contribution in [0.1, 0.15) is 245 Å². The van der Waals surface area contributed by atoms with Gasteiger partial charge in [0.05, 0.1) is 48.1 Å². The first kappa shape index (κ1) is 65.2. The van der Waals surface area contributed by atoms with E-state index in [1.165, 1.54) is 116 Å². The molecule has 0 spiro atoms. The number of hydrogen-bond donors (Lipinski definition) is 0. The van der Waals surface area contributed by atoms with Gasteiger partial charge in [0, 0.05) is 0 Å². The summed E-state index contributed by atoms with van der Waals surface area (Å²) in [4.78, 5) is 47.1. The van der Waals surface area contributed by atoms with E-state index in [-0.39, 0.29) is 56.5 Å². The molecule has 0 aromatic rings. The Morgan fingerprint density at radius 1 is 0.427 bits per heavy atom. The Morgan fingerprint density at radius 2 is 0.813 bits per heavy atom. The lowest BCUT2D eigenvalue weighted by atomic mass is 9.46. The Kier molecular flexibility index (Phi) is 25.5. The summed E-state index contributed by atoms with van der Waals surface area (Å²) >= 11 is 0. The molecular weight excluding hydrogens is 949 g/mol. The summed E-state index contributed by atoms with van der Waals surface area (Å²) in [6.45, 7) is 33.6. The van der Waals surface area contributed by atoms with E-state index in [1.54, 1.807) is 0 Å². The highest BCUT2D eigenvalue weighted by atomic mass is 16.7. The van der Waals surface area contributed by atoms with Crippen LogP contribution in [-0.2, 0) is 57.1 Å². The topological polar surface area (TPSA) is 142 Å². The fourth-order valence-corrected chi connectivity index (χ4v) is 12.9. The van der Waals surface area contributed by atoms with Crippen LogP contribution in [0.2, 0.25) is 0 Å². The van der Waals surface area contributed by atoms with E-state index in [4.69, 9.17) is 37.9 Å². The molecule has 6 bridgehead atoms. The highest BCUT2D eigenvalue weighted by Crippen LogP contribution is 2.62. The van der Waals surface area contributed by atoms with Crippen molar-refractivity contribution < 1.29 is 57.1 Å². The second-order valence-corrected chi connectivity index (χ2v) is 28.1. The van der Waals surface area contributed by atoms with Crippen LogP contribution >= 0.6 is 0 Å². The largest absolute Gasteiger partial charge is 0.438 e. The van der Waals surface area contributed by atoms with E-state index < -0.39 is 21.7 Å². The number of fused-ring (bicyclic) bond motifs is 2. The summed E-state index contributed by atoms with van der Waals surface area (Å²) in [6.07, 6.45) is 27.2. The summed E-state index contributed by atoms with van der Waals surface area (Å²) in [7, 11) is 0. The first-order valence-corrected chi connectivity index (χ1v) is 30.2. The van der Waals surface area contributed by atoms with Crippen molar-refractivity contribution in [1.29, 1.82) is 0 Å². The van der Waals surface area contributed by atoms with Gasteiger partial charge in [-0.3, -0.25) is 19.2 Å². The third kappa shape index (κ3) is 19.5. The molecule has 75 heavy (non-hydrogen) atoms. The van der Waals surface area contributed by atoms with Crippen LogP contribution in [0.15, 0.2) is 0 Å². The van der Waals surface area contributed by atoms with Crippen molar-refractivity contribution in [2.45, 2.75) is 245 Å². The van der Waals surface area contributed by atoms with Gasteiger partial charge in [-0.25, -0.2) is 0 Å². The van der Waals surface area contributed by atoms with Crippen molar-refractivity contribution in [3.05, 3.63) is 0 Å². The van der Waals surface area contributed by atoms with Gasteiger partial charge in [-0.2, -0.15) is 0 Å². The Hall–Kier alpha value is -2.28. The predicted molar refractivity (Wildman–Crippen MR) is 296 cm³/mol. The standard InChI is InChI=1S/C19H32O3.C16H28O3.C15H28O3.C13H24O3/c1-5-18(2,3)17(20)22-12-21-11-19(4)15-7-13-6-14(9-15)10-16(19)8-13;1-5-15(2,3)14(17)19-11-18-10-16(4)9-12-6-7-13(16)8-12;1-5-14(2,3)13(16)18-12-17-11-15(4)9-7-6-8-10-15;1-4-13(2,3)12(14)16-10-15-9-11-7-5-6-8-11/h13-16H,5-12H2,1-4H3;12-13H,5-11H2,1-4H3;5-12H2,1-4H3;11H,4-10H2,1-3H3. The van der Waals surface area contributed by atoms with Crippen molar-refractivity contribution in [3.8, 4) is 0 Å². The molecule has 8 fully saturated rings. The molecule has 0 aliphatic heterocycles. The van der Waals surface area contributed by atoms with Gasteiger partial charge in [0.15, 0.2) is 27.2 Å². The average molecular weight is 1060 g/mol. The van der Waals surface area contributed by atoms with Crippen LogP contribution in [-0.4, -0.2) is 77.5 Å². The minimum absolute atomic E-state index is 0.0951. The Balaban J connectivity index is 0.000000218. The van der Waals surface area contributed by atoms with Gasteiger partial charge < -0.3 is 37.9 Å². The van der Waals surface area contributed by atoms with Crippen molar-refractivity contribution in [2.75, 3.05) is 53.6 Å². The van der Waals surface area contributed by atoms with Gasteiger partial charge in [0.25, 0.3) is 0 Å². The smallest absolute Gasteiger partial charge is 0.313 e. The van der Waals surface area contributed by atoms with Gasteiger partial charge in [0.1, 0.15) is 0 Å². The average Bonchev–Trinajstić information content (AvgIpc) is 4.16. The highest BCUT2D eigenvalue weighted by Gasteiger charge is 2.55. The van der Waals surface area contributed by atoms with Gasteiger partial charge in [0.2, 0.25) is 0 Å². The Morgan fingerprint density at radius 3 is 1.20 bits per heavy atom. The van der Waals surface area contributed by atoms with Crippen LogP contribution < -0.4 is 0 Å². The normalized spacial score (nSPS) is 28.7. The first-order valence-electron chi connectivity index (χ1n) is 30.2. The number of carbonyl (C=O) groups excluding carboxylic acids is 4. The Bertz CT molecular complexity index is 1710. The van der Waals surface area contributed by atoms with Crippen LogP contribution in [0.3, 0.4) is 0 Å². The molecule has 8 rings (SSSR count). The molecule has 0 aromatic carbocycles. The molecule has 12 nitrogen and oxygen atoms in total. The van der Waals surface area contributed by atoms with Crippen molar-refractivity contribution >= 4 is 23.9 Å². The molecular formula is C63H112O12. The first-order chi connectivity index (χ1) is 35.2. The molecule has 8 aliphatic rings. The minimum Gasteiger partial charge on any atom is -0.438 e. The maximum atomic E-state index is 12.0. The van der Waals surface area contributed by atoms with E-state index in [0.29, 0.717) is 23.4 Å². The second kappa shape index (κ2) is 29.3. The lowest BCUT2D eigenvalue weighted by Crippen LogP contribution is -2.53. The summed E-state index contributed by atoms with van der Waals surface area (Å²) in [5.41, 5.74) is -0.703. The zero-order valence-corrected chi connectivity index (χ0v) is 50.7. The van der Waals surface area contributed by atoms with Gasteiger partial charge >= 0.3 is 23.9 Å². The van der Waals surface area contributed by atoms with Crippen LogP contribution in [0.25, 0.3) is 0 Å². The summed E-state index contributed by atoms with van der Waals surface area (Å²) in [6, 6.07) is 0. The molecule has 0 saturated heterocycles. The molecule has 0 aromatic heterocycles. The lowest BCUT2D eigenvalue weighted by Gasteiger charge is -2.60. The molecule has 8 aliphatic carbocycles. The zero-order valence-electron chi connectivity index (χ0n) is 50.7. The number of ether oxygens (including phenoxy) is 8. The molecule has 0 amide bonds. The monoisotopic (exact) mass is 1060 g/mol. The van der Waals surface area contributed by atoms with E-state index >= 15 is 0 Å². The molecule has 3 unspecified atom stereocenters. The van der Waals surface area contributed by atoms with Crippen molar-refractivity contribution in [1.82, 2.24) is 0 Å². The van der Waals surface area contributed by atoms with Gasteiger partial charge in [-0.05, 0) is 216 Å². The van der Waals surface area contributed by atoms with Crippen molar-refractivity contribution in [3.63, 3.8) is 0 Å². The van der Waals surface area contributed by atoms with Gasteiger partial charge in [-0.15, -0.1) is 0 Å². The number of hydrogen-bond acceptors (Lipinski definition) is 12. The quantitative estimate of drug-likeness (QED) is 0.0393. The van der Waals surface area contributed by atoms with Crippen LogP contribution in [0.4, 0.5) is 0 Å². The highest BCUT2D eigenvalue weighted by molar-refractivity contribution is 5.77. The lowest BCUT2D eigenvalue weighted by molar-refractivity contribution is -0.181. The van der Waals surface area contributed by atoms with Gasteiger partial charge in [-0.1, -0.05) is 87.0 Å².